The molecule has 2 aromatic rings. The molecule has 1 fully saturated rings. The van der Waals surface area contributed by atoms with Crippen molar-refractivity contribution in [1.29, 1.82) is 0 Å². The predicted octanol–water partition coefficient (Wildman–Crippen LogP) is 2.98. The molecule has 0 aliphatic carbocycles. The number of hydrogen-bond donors (Lipinski definition) is 1. The Bertz CT molecular complexity index is 970. The molecule has 0 spiro atoms. The van der Waals surface area contributed by atoms with E-state index in [2.05, 4.69) is 5.32 Å². The maximum absolute atomic E-state index is 13.2. The first-order valence-corrected chi connectivity index (χ1v) is 11.4. The highest BCUT2D eigenvalue weighted by Crippen LogP contribution is 2.32. The Kier molecular flexibility index (Phi) is 6.99. The molecular formula is C22H28N2O5S. The molecule has 1 N–H and O–H groups in total. The van der Waals surface area contributed by atoms with Crippen LogP contribution in [-0.2, 0) is 14.8 Å². The molecule has 0 bridgehead atoms. The lowest BCUT2D eigenvalue weighted by atomic mass is 9.96. The summed E-state index contributed by atoms with van der Waals surface area (Å²) >= 11 is 0. The zero-order valence-electron chi connectivity index (χ0n) is 17.5. The van der Waals surface area contributed by atoms with Gasteiger partial charge in [-0.25, -0.2) is 8.42 Å². The van der Waals surface area contributed by atoms with E-state index >= 15 is 0 Å². The molecule has 8 heteroatoms. The molecule has 0 saturated carbocycles. The van der Waals surface area contributed by atoms with Crippen molar-refractivity contribution in [2.24, 2.45) is 5.92 Å². The van der Waals surface area contributed by atoms with Crippen molar-refractivity contribution >= 4 is 15.9 Å². The minimum Gasteiger partial charge on any atom is -0.497 e. The molecule has 30 heavy (non-hydrogen) atoms. The molecule has 2 aromatic carbocycles. The van der Waals surface area contributed by atoms with Crippen LogP contribution in [0.1, 0.15) is 31.4 Å². The van der Waals surface area contributed by atoms with E-state index in [4.69, 9.17) is 9.47 Å². The van der Waals surface area contributed by atoms with Gasteiger partial charge in [0.2, 0.25) is 15.9 Å². The van der Waals surface area contributed by atoms with Crippen molar-refractivity contribution in [2.45, 2.75) is 30.7 Å². The van der Waals surface area contributed by atoms with Crippen molar-refractivity contribution in [3.05, 3.63) is 54.1 Å². The van der Waals surface area contributed by atoms with Crippen LogP contribution in [0.15, 0.2) is 53.4 Å². The number of benzene rings is 2. The van der Waals surface area contributed by atoms with Crippen molar-refractivity contribution in [1.82, 2.24) is 9.62 Å². The Labute approximate surface area is 178 Å². The number of carbonyl (C=O) groups excluding carboxylic acids is 1. The van der Waals surface area contributed by atoms with Crippen molar-refractivity contribution in [3.8, 4) is 11.5 Å². The van der Waals surface area contributed by atoms with E-state index in [-0.39, 0.29) is 41.6 Å². The first-order valence-electron chi connectivity index (χ1n) is 9.94. The monoisotopic (exact) mass is 432 g/mol. The highest BCUT2D eigenvalue weighted by atomic mass is 32.2. The van der Waals surface area contributed by atoms with E-state index in [1.54, 1.807) is 12.1 Å². The first-order chi connectivity index (χ1) is 14.4. The van der Waals surface area contributed by atoms with Crippen LogP contribution in [0.4, 0.5) is 0 Å². The predicted molar refractivity (Wildman–Crippen MR) is 114 cm³/mol. The van der Waals surface area contributed by atoms with Gasteiger partial charge in [-0.3, -0.25) is 4.79 Å². The quantitative estimate of drug-likeness (QED) is 0.727. The summed E-state index contributed by atoms with van der Waals surface area (Å²) in [6.07, 6.45) is 0.942. The van der Waals surface area contributed by atoms with E-state index < -0.39 is 10.0 Å². The van der Waals surface area contributed by atoms with Crippen LogP contribution in [-0.4, -0.2) is 45.9 Å². The van der Waals surface area contributed by atoms with Crippen LogP contribution >= 0.6 is 0 Å². The fraction of sp³-hybridized carbons (Fsp3) is 0.409. The topological polar surface area (TPSA) is 84.9 Å². The largest absolute Gasteiger partial charge is 0.497 e. The zero-order chi connectivity index (χ0) is 21.7. The second-order valence-corrected chi connectivity index (χ2v) is 9.24. The molecule has 7 nitrogen and oxygen atoms in total. The molecule has 1 heterocycles. The third-order valence-electron chi connectivity index (χ3n) is 5.47. The van der Waals surface area contributed by atoms with Gasteiger partial charge in [-0.2, -0.15) is 4.31 Å². The summed E-state index contributed by atoms with van der Waals surface area (Å²) in [4.78, 5) is 12.8. The Morgan fingerprint density at radius 1 is 1.07 bits per heavy atom. The SMILES string of the molecule is COc1ccc(OC)c(S(=O)(=O)N2CCC(C(=O)N[C@H](C)c3ccccc3)CC2)c1. The third-order valence-corrected chi connectivity index (χ3v) is 7.39. The molecule has 1 aliphatic heterocycles. The number of nitrogens with one attached hydrogen (secondary N) is 1. The lowest BCUT2D eigenvalue weighted by Gasteiger charge is -2.31. The van der Waals surface area contributed by atoms with Crippen LogP contribution in [0.3, 0.4) is 0 Å². The van der Waals surface area contributed by atoms with Gasteiger partial charge in [0.25, 0.3) is 0 Å². The molecule has 1 aliphatic rings. The summed E-state index contributed by atoms with van der Waals surface area (Å²) in [5.41, 5.74) is 1.04. The normalized spacial score (nSPS) is 16.6. The average molecular weight is 433 g/mol. The number of methoxy groups -OCH3 is 2. The summed E-state index contributed by atoms with van der Waals surface area (Å²) in [6, 6.07) is 14.4. The number of ether oxygens (including phenoxy) is 2. The Hall–Kier alpha value is -2.58. The molecule has 1 saturated heterocycles. The van der Waals surface area contributed by atoms with E-state index in [1.807, 2.05) is 37.3 Å². The summed E-state index contributed by atoms with van der Waals surface area (Å²) < 4.78 is 38.1. The van der Waals surface area contributed by atoms with Gasteiger partial charge in [0.15, 0.2) is 0 Å². The molecule has 1 atom stereocenters. The fourth-order valence-corrected chi connectivity index (χ4v) is 5.28. The first kappa shape index (κ1) is 22.1. The molecule has 0 unspecified atom stereocenters. The number of rotatable bonds is 7. The van der Waals surface area contributed by atoms with E-state index in [0.29, 0.717) is 18.6 Å². The van der Waals surface area contributed by atoms with Crippen molar-refractivity contribution in [3.63, 3.8) is 0 Å². The van der Waals surface area contributed by atoms with Gasteiger partial charge in [0.1, 0.15) is 16.4 Å². The summed E-state index contributed by atoms with van der Waals surface area (Å²) in [5.74, 6) is 0.461. The van der Waals surface area contributed by atoms with Crippen LogP contribution < -0.4 is 14.8 Å². The molecule has 0 radical (unpaired) electrons. The number of amides is 1. The third kappa shape index (κ3) is 4.76. The molecule has 1 amide bonds. The smallest absolute Gasteiger partial charge is 0.246 e. The number of sulfonamides is 1. The Morgan fingerprint density at radius 2 is 1.73 bits per heavy atom. The van der Waals surface area contributed by atoms with E-state index in [0.717, 1.165) is 5.56 Å². The average Bonchev–Trinajstić information content (AvgIpc) is 2.79. The van der Waals surface area contributed by atoms with Gasteiger partial charge in [-0.05, 0) is 37.5 Å². The number of carbonyl (C=O) groups is 1. The highest BCUT2D eigenvalue weighted by Gasteiger charge is 2.34. The van der Waals surface area contributed by atoms with Crippen LogP contribution in [0.25, 0.3) is 0 Å². The maximum atomic E-state index is 13.2. The molecular weight excluding hydrogens is 404 g/mol. The molecule has 0 aromatic heterocycles. The highest BCUT2D eigenvalue weighted by molar-refractivity contribution is 7.89. The van der Waals surface area contributed by atoms with E-state index in [9.17, 15) is 13.2 Å². The minimum atomic E-state index is -3.76. The number of piperidine rings is 1. The number of nitrogens with zero attached hydrogens (tertiary/aromatic N) is 1. The second-order valence-electron chi connectivity index (χ2n) is 7.34. The summed E-state index contributed by atoms with van der Waals surface area (Å²) in [7, 11) is -0.835. The zero-order valence-corrected chi connectivity index (χ0v) is 18.3. The lowest BCUT2D eigenvalue weighted by molar-refractivity contribution is -0.126. The van der Waals surface area contributed by atoms with E-state index in [1.165, 1.54) is 24.6 Å². The number of hydrogen-bond acceptors (Lipinski definition) is 5. The van der Waals surface area contributed by atoms with Crippen LogP contribution in [0.5, 0.6) is 11.5 Å². The van der Waals surface area contributed by atoms with Gasteiger partial charge in [-0.15, -0.1) is 0 Å². The lowest BCUT2D eigenvalue weighted by Crippen LogP contribution is -2.43. The fourth-order valence-electron chi connectivity index (χ4n) is 3.64. The van der Waals surface area contributed by atoms with Gasteiger partial charge < -0.3 is 14.8 Å². The van der Waals surface area contributed by atoms with Gasteiger partial charge in [-0.1, -0.05) is 30.3 Å². The Balaban J connectivity index is 1.65. The van der Waals surface area contributed by atoms with Crippen LogP contribution in [0.2, 0.25) is 0 Å². The van der Waals surface area contributed by atoms with Crippen LogP contribution in [0, 0.1) is 5.92 Å². The minimum absolute atomic E-state index is 0.0395. The van der Waals surface area contributed by atoms with Gasteiger partial charge in [0.05, 0.1) is 20.3 Å². The van der Waals surface area contributed by atoms with Gasteiger partial charge in [0, 0.05) is 25.1 Å². The summed E-state index contributed by atoms with van der Waals surface area (Å²) in [5, 5.41) is 3.04. The van der Waals surface area contributed by atoms with Crippen molar-refractivity contribution in [2.75, 3.05) is 27.3 Å². The van der Waals surface area contributed by atoms with Gasteiger partial charge >= 0.3 is 0 Å². The Morgan fingerprint density at radius 3 is 2.33 bits per heavy atom. The molecule has 3 rings (SSSR count). The van der Waals surface area contributed by atoms with Crippen molar-refractivity contribution < 1.29 is 22.7 Å². The second kappa shape index (κ2) is 9.49. The summed E-state index contributed by atoms with van der Waals surface area (Å²) in [6.45, 7) is 2.50. The standard InChI is InChI=1S/C22H28N2O5S/c1-16(17-7-5-4-6-8-17)23-22(25)18-11-13-24(14-12-18)30(26,27)21-15-19(28-2)9-10-20(21)29-3/h4-10,15-16,18H,11-14H2,1-3H3,(H,23,25)/t16-/m1/s1. The molecule has 162 valence electrons. The maximum Gasteiger partial charge on any atom is 0.246 e.